The van der Waals surface area contributed by atoms with E-state index in [9.17, 15) is 18.0 Å². The SMILES string of the molecule is CCn1cc(NC(=O)NC(CCS(C)(=O)=O)C(=O)O)cn1. The van der Waals surface area contributed by atoms with Gasteiger partial charge in [0, 0.05) is 19.0 Å². The number of aliphatic carboxylic acids is 1. The van der Waals surface area contributed by atoms with Crippen molar-refractivity contribution in [3.63, 3.8) is 0 Å². The van der Waals surface area contributed by atoms with Crippen LogP contribution in [0.5, 0.6) is 0 Å². The highest BCUT2D eigenvalue weighted by atomic mass is 32.2. The number of carboxylic acids is 1. The van der Waals surface area contributed by atoms with Gasteiger partial charge in [-0.15, -0.1) is 0 Å². The van der Waals surface area contributed by atoms with Crippen molar-refractivity contribution in [3.05, 3.63) is 12.4 Å². The maximum atomic E-state index is 11.7. The summed E-state index contributed by atoms with van der Waals surface area (Å²) in [7, 11) is -3.30. The molecule has 2 amide bonds. The summed E-state index contributed by atoms with van der Waals surface area (Å²) in [5.41, 5.74) is 0.418. The number of urea groups is 1. The van der Waals surface area contributed by atoms with Gasteiger partial charge in [0.25, 0.3) is 0 Å². The van der Waals surface area contributed by atoms with Crippen LogP contribution in [0.1, 0.15) is 13.3 Å². The van der Waals surface area contributed by atoms with Gasteiger partial charge in [-0.2, -0.15) is 5.10 Å². The molecule has 3 N–H and O–H groups in total. The predicted octanol–water partition coefficient (Wildman–Crippen LogP) is -0.0876. The zero-order chi connectivity index (χ0) is 16.0. The highest BCUT2D eigenvalue weighted by molar-refractivity contribution is 7.90. The van der Waals surface area contributed by atoms with Crippen LogP contribution in [0.2, 0.25) is 0 Å². The number of nitrogens with one attached hydrogen (secondary N) is 2. The molecule has 0 aliphatic rings. The van der Waals surface area contributed by atoms with Gasteiger partial charge < -0.3 is 15.7 Å². The Morgan fingerprint density at radius 1 is 1.48 bits per heavy atom. The molecule has 1 aromatic heterocycles. The number of carbonyl (C=O) groups excluding carboxylic acids is 1. The first-order chi connectivity index (χ1) is 9.71. The first-order valence-electron chi connectivity index (χ1n) is 6.21. The molecule has 21 heavy (non-hydrogen) atoms. The van der Waals surface area contributed by atoms with Crippen LogP contribution in [0.25, 0.3) is 0 Å². The Morgan fingerprint density at radius 3 is 2.62 bits per heavy atom. The van der Waals surface area contributed by atoms with E-state index in [4.69, 9.17) is 5.11 Å². The molecule has 0 saturated carbocycles. The number of hydrogen-bond acceptors (Lipinski definition) is 5. The molecule has 0 aliphatic heterocycles. The van der Waals surface area contributed by atoms with Crippen molar-refractivity contribution in [2.45, 2.75) is 25.9 Å². The lowest BCUT2D eigenvalue weighted by atomic mass is 10.2. The monoisotopic (exact) mass is 318 g/mol. The van der Waals surface area contributed by atoms with Crippen molar-refractivity contribution in [2.75, 3.05) is 17.3 Å². The fourth-order valence-corrected chi connectivity index (χ4v) is 2.18. The molecule has 0 radical (unpaired) electrons. The maximum absolute atomic E-state index is 11.7. The first kappa shape index (κ1) is 17.0. The second kappa shape index (κ2) is 7.07. The Labute approximate surface area is 122 Å². The van der Waals surface area contributed by atoms with Crippen LogP contribution in [-0.2, 0) is 21.2 Å². The average molecular weight is 318 g/mol. The number of rotatable bonds is 7. The number of anilines is 1. The lowest BCUT2D eigenvalue weighted by Gasteiger charge is -2.14. The number of carbonyl (C=O) groups is 2. The molecule has 1 heterocycles. The van der Waals surface area contributed by atoms with Crippen molar-refractivity contribution in [3.8, 4) is 0 Å². The number of hydrogen-bond donors (Lipinski definition) is 3. The smallest absolute Gasteiger partial charge is 0.326 e. The molecule has 10 heteroatoms. The van der Waals surface area contributed by atoms with Crippen molar-refractivity contribution in [1.82, 2.24) is 15.1 Å². The second-order valence-corrected chi connectivity index (χ2v) is 6.75. The molecule has 0 aliphatic carbocycles. The molecule has 0 fully saturated rings. The average Bonchev–Trinajstić information content (AvgIpc) is 2.80. The quantitative estimate of drug-likeness (QED) is 0.644. The van der Waals surface area contributed by atoms with E-state index in [2.05, 4.69) is 15.7 Å². The molecule has 1 rings (SSSR count). The third-order valence-electron chi connectivity index (χ3n) is 2.60. The van der Waals surface area contributed by atoms with Crippen LogP contribution < -0.4 is 10.6 Å². The fraction of sp³-hybridized carbons (Fsp3) is 0.545. The fourth-order valence-electron chi connectivity index (χ4n) is 1.52. The van der Waals surface area contributed by atoms with Gasteiger partial charge >= 0.3 is 12.0 Å². The van der Waals surface area contributed by atoms with E-state index < -0.39 is 27.9 Å². The van der Waals surface area contributed by atoms with Crippen LogP contribution in [0.15, 0.2) is 12.4 Å². The summed E-state index contributed by atoms with van der Waals surface area (Å²) in [6.45, 7) is 2.51. The molecule has 0 spiro atoms. The number of sulfone groups is 1. The second-order valence-electron chi connectivity index (χ2n) is 4.49. The van der Waals surface area contributed by atoms with Crippen LogP contribution in [0, 0.1) is 0 Å². The van der Waals surface area contributed by atoms with E-state index in [1.54, 1.807) is 10.9 Å². The van der Waals surface area contributed by atoms with Gasteiger partial charge in [0.2, 0.25) is 0 Å². The van der Waals surface area contributed by atoms with Gasteiger partial charge in [-0.1, -0.05) is 0 Å². The standard InChI is InChI=1S/C11H18N4O5S/c1-3-15-7-8(6-12-15)13-11(18)14-9(10(16)17)4-5-21(2,19)20/h6-7,9H,3-5H2,1-2H3,(H,16,17)(H2,13,14,18). The molecule has 9 nitrogen and oxygen atoms in total. The van der Waals surface area contributed by atoms with E-state index in [-0.39, 0.29) is 12.2 Å². The summed E-state index contributed by atoms with van der Waals surface area (Å²) in [5.74, 6) is -1.61. The van der Waals surface area contributed by atoms with Gasteiger partial charge in [-0.25, -0.2) is 18.0 Å². The number of aryl methyl sites for hydroxylation is 1. The van der Waals surface area contributed by atoms with Crippen LogP contribution in [-0.4, -0.2) is 53.4 Å². The number of amides is 2. The lowest BCUT2D eigenvalue weighted by molar-refractivity contribution is -0.139. The molecular weight excluding hydrogens is 300 g/mol. The van der Waals surface area contributed by atoms with Crippen molar-refractivity contribution < 1.29 is 23.1 Å². The van der Waals surface area contributed by atoms with E-state index in [1.165, 1.54) is 6.20 Å². The Balaban J connectivity index is 2.58. The lowest BCUT2D eigenvalue weighted by Crippen LogP contribution is -2.43. The Morgan fingerprint density at radius 2 is 2.14 bits per heavy atom. The van der Waals surface area contributed by atoms with Crippen molar-refractivity contribution in [1.29, 1.82) is 0 Å². The molecule has 1 unspecified atom stereocenters. The van der Waals surface area contributed by atoms with Gasteiger partial charge in [0.05, 0.1) is 17.6 Å². The molecule has 0 aromatic carbocycles. The zero-order valence-electron chi connectivity index (χ0n) is 11.7. The molecule has 0 bridgehead atoms. The van der Waals surface area contributed by atoms with E-state index in [0.29, 0.717) is 12.2 Å². The summed E-state index contributed by atoms with van der Waals surface area (Å²) in [4.78, 5) is 22.7. The third kappa shape index (κ3) is 6.25. The summed E-state index contributed by atoms with van der Waals surface area (Å²) in [6.07, 6.45) is 3.82. The molecule has 0 saturated heterocycles. The minimum atomic E-state index is -3.30. The third-order valence-corrected chi connectivity index (χ3v) is 3.57. The number of carboxylic acid groups (broad SMARTS) is 1. The van der Waals surface area contributed by atoms with E-state index in [0.717, 1.165) is 6.26 Å². The van der Waals surface area contributed by atoms with Crippen LogP contribution in [0.3, 0.4) is 0 Å². The maximum Gasteiger partial charge on any atom is 0.326 e. The summed E-state index contributed by atoms with van der Waals surface area (Å²) < 4.78 is 23.7. The highest BCUT2D eigenvalue weighted by Crippen LogP contribution is 2.05. The van der Waals surface area contributed by atoms with Crippen molar-refractivity contribution in [2.24, 2.45) is 0 Å². The molecular formula is C11H18N4O5S. The van der Waals surface area contributed by atoms with Crippen molar-refractivity contribution >= 4 is 27.5 Å². The first-order valence-corrected chi connectivity index (χ1v) is 8.28. The van der Waals surface area contributed by atoms with Gasteiger partial charge in [-0.05, 0) is 13.3 Å². The minimum absolute atomic E-state index is 0.199. The Bertz CT molecular complexity index is 610. The van der Waals surface area contributed by atoms with Gasteiger partial charge in [0.1, 0.15) is 15.9 Å². The van der Waals surface area contributed by atoms with Gasteiger partial charge in [0.15, 0.2) is 0 Å². The van der Waals surface area contributed by atoms with Gasteiger partial charge in [-0.3, -0.25) is 4.68 Å². The molecule has 1 aromatic rings. The van der Waals surface area contributed by atoms with Crippen LogP contribution in [0.4, 0.5) is 10.5 Å². The highest BCUT2D eigenvalue weighted by Gasteiger charge is 2.21. The van der Waals surface area contributed by atoms with E-state index >= 15 is 0 Å². The Kier molecular flexibility index (Phi) is 5.70. The number of aromatic nitrogens is 2. The summed E-state index contributed by atoms with van der Waals surface area (Å²) in [6, 6.07) is -2.01. The summed E-state index contributed by atoms with van der Waals surface area (Å²) in [5, 5.41) is 17.6. The minimum Gasteiger partial charge on any atom is -0.480 e. The Hall–Kier alpha value is -2.10. The predicted molar refractivity (Wildman–Crippen MR) is 75.8 cm³/mol. The zero-order valence-corrected chi connectivity index (χ0v) is 12.6. The largest absolute Gasteiger partial charge is 0.480 e. The van der Waals surface area contributed by atoms with E-state index in [1.807, 2.05) is 6.92 Å². The summed E-state index contributed by atoms with van der Waals surface area (Å²) >= 11 is 0. The topological polar surface area (TPSA) is 130 Å². The normalized spacial score (nSPS) is 12.7. The number of nitrogens with zero attached hydrogens (tertiary/aromatic N) is 2. The molecule has 118 valence electrons. The molecule has 1 atom stereocenters. The van der Waals surface area contributed by atoms with Crippen LogP contribution >= 0.6 is 0 Å².